The smallest absolute Gasteiger partial charge is 0.261 e. The van der Waals surface area contributed by atoms with Gasteiger partial charge in [-0.05, 0) is 62.9 Å². The maximum absolute atomic E-state index is 12.9. The standard InChI is InChI=1S/C24H30ClNO3/c1-6-24(7-2)14-20(19-10-8-9-11-21(19)29-24)26-23(27)17(5)28-18-12-15(3)22(25)16(4)13-18/h8-13,17,20H,6-7,14H2,1-5H3,(H,26,27)/t17-,20-/m0/s1. The third-order valence-corrected chi connectivity index (χ3v) is 6.49. The van der Waals surface area contributed by atoms with E-state index in [2.05, 4.69) is 19.2 Å². The zero-order chi connectivity index (χ0) is 21.2. The molecule has 0 saturated carbocycles. The molecular weight excluding hydrogens is 386 g/mol. The largest absolute Gasteiger partial charge is 0.487 e. The zero-order valence-electron chi connectivity index (χ0n) is 17.8. The number of benzene rings is 2. The molecule has 2 aromatic carbocycles. The van der Waals surface area contributed by atoms with Gasteiger partial charge in [0.1, 0.15) is 17.1 Å². The summed E-state index contributed by atoms with van der Waals surface area (Å²) in [5.41, 5.74) is 2.62. The molecule has 4 nitrogen and oxygen atoms in total. The summed E-state index contributed by atoms with van der Waals surface area (Å²) < 4.78 is 12.3. The number of hydrogen-bond donors (Lipinski definition) is 1. The normalized spacial score (nSPS) is 18.3. The van der Waals surface area contributed by atoms with Gasteiger partial charge in [-0.25, -0.2) is 0 Å². The zero-order valence-corrected chi connectivity index (χ0v) is 18.6. The number of fused-ring (bicyclic) bond motifs is 1. The number of para-hydroxylation sites is 1. The number of rotatable bonds is 6. The van der Waals surface area contributed by atoms with Crippen molar-refractivity contribution in [2.75, 3.05) is 0 Å². The summed E-state index contributed by atoms with van der Waals surface area (Å²) >= 11 is 6.23. The van der Waals surface area contributed by atoms with Crippen LogP contribution in [0.3, 0.4) is 0 Å². The number of nitrogens with one attached hydrogen (secondary N) is 1. The van der Waals surface area contributed by atoms with E-state index >= 15 is 0 Å². The Bertz CT molecular complexity index is 868. The van der Waals surface area contributed by atoms with Gasteiger partial charge in [0.15, 0.2) is 6.10 Å². The molecule has 156 valence electrons. The van der Waals surface area contributed by atoms with Crippen LogP contribution in [0.25, 0.3) is 0 Å². The van der Waals surface area contributed by atoms with Gasteiger partial charge >= 0.3 is 0 Å². The topological polar surface area (TPSA) is 47.6 Å². The molecule has 1 aliphatic heterocycles. The first-order valence-corrected chi connectivity index (χ1v) is 10.7. The van der Waals surface area contributed by atoms with E-state index in [1.807, 2.05) is 50.2 Å². The number of amides is 1. The van der Waals surface area contributed by atoms with Gasteiger partial charge < -0.3 is 14.8 Å². The number of carbonyl (C=O) groups is 1. The number of carbonyl (C=O) groups excluding carboxylic acids is 1. The first-order valence-electron chi connectivity index (χ1n) is 10.3. The molecule has 1 aliphatic rings. The van der Waals surface area contributed by atoms with E-state index in [4.69, 9.17) is 21.1 Å². The minimum Gasteiger partial charge on any atom is -0.487 e. The summed E-state index contributed by atoms with van der Waals surface area (Å²) in [5, 5.41) is 3.91. The molecule has 0 unspecified atom stereocenters. The van der Waals surface area contributed by atoms with Crippen LogP contribution >= 0.6 is 11.6 Å². The Labute approximate surface area is 178 Å². The van der Waals surface area contributed by atoms with Crippen molar-refractivity contribution in [3.05, 3.63) is 58.1 Å². The molecule has 0 aromatic heterocycles. The fourth-order valence-electron chi connectivity index (χ4n) is 3.95. The van der Waals surface area contributed by atoms with Gasteiger partial charge in [-0.3, -0.25) is 4.79 Å². The first-order chi connectivity index (χ1) is 13.8. The molecule has 1 amide bonds. The van der Waals surface area contributed by atoms with Gasteiger partial charge in [-0.1, -0.05) is 43.6 Å². The second-order valence-corrected chi connectivity index (χ2v) is 8.30. The van der Waals surface area contributed by atoms with Gasteiger partial charge in [-0.15, -0.1) is 0 Å². The second kappa shape index (κ2) is 8.66. The first kappa shape index (κ1) is 21.5. The lowest BCUT2D eigenvalue weighted by molar-refractivity contribution is -0.128. The summed E-state index contributed by atoms with van der Waals surface area (Å²) in [6.07, 6.45) is 1.90. The molecule has 0 spiro atoms. The predicted octanol–water partition coefficient (Wildman–Crippen LogP) is 5.92. The van der Waals surface area contributed by atoms with Crippen LogP contribution in [0, 0.1) is 13.8 Å². The third-order valence-electron chi connectivity index (χ3n) is 5.89. The number of aryl methyl sites for hydroxylation is 2. The van der Waals surface area contributed by atoms with E-state index in [9.17, 15) is 4.79 Å². The van der Waals surface area contributed by atoms with E-state index in [0.29, 0.717) is 5.75 Å². The van der Waals surface area contributed by atoms with Gasteiger partial charge in [-0.2, -0.15) is 0 Å². The van der Waals surface area contributed by atoms with E-state index < -0.39 is 6.10 Å². The molecule has 0 fully saturated rings. The average Bonchev–Trinajstić information content (AvgIpc) is 2.71. The van der Waals surface area contributed by atoms with Crippen molar-refractivity contribution >= 4 is 17.5 Å². The molecule has 29 heavy (non-hydrogen) atoms. The molecule has 0 aliphatic carbocycles. The van der Waals surface area contributed by atoms with Gasteiger partial charge in [0.05, 0.1) is 6.04 Å². The van der Waals surface area contributed by atoms with Gasteiger partial charge in [0.25, 0.3) is 5.91 Å². The van der Waals surface area contributed by atoms with Crippen molar-refractivity contribution < 1.29 is 14.3 Å². The van der Waals surface area contributed by atoms with Gasteiger partial charge in [0, 0.05) is 17.0 Å². The predicted molar refractivity (Wildman–Crippen MR) is 117 cm³/mol. The quantitative estimate of drug-likeness (QED) is 0.636. The summed E-state index contributed by atoms with van der Waals surface area (Å²) in [7, 11) is 0. The fourth-order valence-corrected chi connectivity index (χ4v) is 4.06. The molecular formula is C24H30ClNO3. The molecule has 1 N–H and O–H groups in total. The van der Waals surface area contributed by atoms with Crippen molar-refractivity contribution in [2.45, 2.75) is 71.6 Å². The number of halogens is 1. The summed E-state index contributed by atoms with van der Waals surface area (Å²) in [6.45, 7) is 9.90. The Balaban J connectivity index is 1.77. The summed E-state index contributed by atoms with van der Waals surface area (Å²) in [5.74, 6) is 1.36. The van der Waals surface area contributed by atoms with E-state index in [1.54, 1.807) is 6.92 Å². The van der Waals surface area contributed by atoms with Crippen molar-refractivity contribution in [3.8, 4) is 11.5 Å². The highest BCUT2D eigenvalue weighted by Crippen LogP contribution is 2.42. The average molecular weight is 416 g/mol. The fraction of sp³-hybridized carbons (Fsp3) is 0.458. The van der Waals surface area contributed by atoms with Crippen LogP contribution in [-0.2, 0) is 4.79 Å². The SMILES string of the molecule is CCC1(CC)C[C@H](NC(=O)[C@H](C)Oc2cc(C)c(Cl)c(C)c2)c2ccccc2O1. The van der Waals surface area contributed by atoms with Crippen LogP contribution in [0.1, 0.15) is 62.8 Å². The molecule has 0 radical (unpaired) electrons. The van der Waals surface area contributed by atoms with Crippen LogP contribution in [0.4, 0.5) is 0 Å². The second-order valence-electron chi connectivity index (χ2n) is 7.93. The minimum atomic E-state index is -0.623. The van der Waals surface area contributed by atoms with Gasteiger partial charge in [0.2, 0.25) is 0 Å². The van der Waals surface area contributed by atoms with Crippen LogP contribution in [-0.4, -0.2) is 17.6 Å². The summed E-state index contributed by atoms with van der Waals surface area (Å²) in [6, 6.07) is 11.6. The molecule has 2 atom stereocenters. The van der Waals surface area contributed by atoms with Crippen LogP contribution in [0.2, 0.25) is 5.02 Å². The molecule has 0 bridgehead atoms. The number of ether oxygens (including phenoxy) is 2. The lowest BCUT2D eigenvalue weighted by atomic mass is 9.83. The van der Waals surface area contributed by atoms with E-state index in [1.165, 1.54) is 0 Å². The van der Waals surface area contributed by atoms with Crippen LogP contribution < -0.4 is 14.8 Å². The van der Waals surface area contributed by atoms with Crippen molar-refractivity contribution in [2.24, 2.45) is 0 Å². The van der Waals surface area contributed by atoms with E-state index in [-0.39, 0.29) is 17.6 Å². The molecule has 3 rings (SSSR count). The highest BCUT2D eigenvalue weighted by Gasteiger charge is 2.39. The summed E-state index contributed by atoms with van der Waals surface area (Å²) in [4.78, 5) is 12.9. The van der Waals surface area contributed by atoms with E-state index in [0.717, 1.165) is 46.7 Å². The maximum atomic E-state index is 12.9. The molecule has 1 heterocycles. The number of hydrogen-bond acceptors (Lipinski definition) is 3. The molecule has 5 heteroatoms. The Kier molecular flexibility index (Phi) is 6.42. The molecule has 2 aromatic rings. The molecule has 0 saturated heterocycles. The minimum absolute atomic E-state index is 0.105. The highest BCUT2D eigenvalue weighted by atomic mass is 35.5. The highest BCUT2D eigenvalue weighted by molar-refractivity contribution is 6.32. The van der Waals surface area contributed by atoms with Crippen LogP contribution in [0.5, 0.6) is 11.5 Å². The lowest BCUT2D eigenvalue weighted by Gasteiger charge is -2.41. The Morgan fingerprint density at radius 1 is 1.24 bits per heavy atom. The van der Waals surface area contributed by atoms with Crippen LogP contribution in [0.15, 0.2) is 36.4 Å². The van der Waals surface area contributed by atoms with Crippen molar-refractivity contribution in [1.29, 1.82) is 0 Å². The lowest BCUT2D eigenvalue weighted by Crippen LogP contribution is -2.46. The Morgan fingerprint density at radius 2 is 1.86 bits per heavy atom. The Morgan fingerprint density at radius 3 is 2.48 bits per heavy atom. The van der Waals surface area contributed by atoms with Crippen molar-refractivity contribution in [1.82, 2.24) is 5.32 Å². The monoisotopic (exact) mass is 415 g/mol. The maximum Gasteiger partial charge on any atom is 0.261 e. The van der Waals surface area contributed by atoms with Crippen molar-refractivity contribution in [3.63, 3.8) is 0 Å². The third kappa shape index (κ3) is 4.53. The Hall–Kier alpha value is -2.20.